The Balaban J connectivity index is 1.72. The Morgan fingerprint density at radius 1 is 1.25 bits per heavy atom. The molecule has 0 amide bonds. The Labute approximate surface area is 220 Å². The molecule has 1 aliphatic rings. The van der Waals surface area contributed by atoms with Crippen molar-refractivity contribution in [2.24, 2.45) is 0 Å². The van der Waals surface area contributed by atoms with Crippen molar-refractivity contribution in [1.29, 1.82) is 0 Å². The Hall–Kier alpha value is -3.23. The summed E-state index contributed by atoms with van der Waals surface area (Å²) in [5.74, 6) is 1.69. The van der Waals surface area contributed by atoms with Gasteiger partial charge in [-0.3, -0.25) is 0 Å². The third-order valence-electron chi connectivity index (χ3n) is 5.64. The van der Waals surface area contributed by atoms with E-state index < -0.39 is 12.0 Å². The summed E-state index contributed by atoms with van der Waals surface area (Å²) in [5, 5.41) is 9.33. The fraction of sp³-hybridized carbons (Fsp3) is 0.296. The van der Waals surface area contributed by atoms with Crippen LogP contribution in [0.4, 0.5) is 5.95 Å². The van der Waals surface area contributed by atoms with Crippen molar-refractivity contribution in [2.45, 2.75) is 44.5 Å². The Morgan fingerprint density at radius 3 is 2.78 bits per heavy atom. The number of nitrogens with one attached hydrogen (secondary N) is 1. The Bertz CT molecular complexity index is 1260. The molecule has 7 nitrogen and oxygen atoms in total. The van der Waals surface area contributed by atoms with E-state index in [1.54, 1.807) is 22.5 Å². The highest BCUT2D eigenvalue weighted by Gasteiger charge is 2.36. The number of anilines is 1. The minimum atomic E-state index is -0.576. The lowest BCUT2D eigenvalue weighted by Gasteiger charge is -2.29. The van der Waals surface area contributed by atoms with Crippen molar-refractivity contribution in [3.8, 4) is 5.75 Å². The number of carbonyl (C=O) groups is 1. The summed E-state index contributed by atoms with van der Waals surface area (Å²) in [6.45, 7) is 8.11. The van der Waals surface area contributed by atoms with Crippen molar-refractivity contribution >= 4 is 35.3 Å². The van der Waals surface area contributed by atoms with Crippen LogP contribution in [0.3, 0.4) is 0 Å². The lowest BCUT2D eigenvalue weighted by atomic mass is 9.95. The molecule has 1 aromatic heterocycles. The minimum absolute atomic E-state index is 0.110. The lowest BCUT2D eigenvalue weighted by molar-refractivity contribution is -0.138. The van der Waals surface area contributed by atoms with E-state index in [1.807, 2.05) is 55.5 Å². The molecule has 3 aromatic rings. The van der Waals surface area contributed by atoms with Gasteiger partial charge >= 0.3 is 5.97 Å². The number of para-hydroxylation sites is 1. The largest absolute Gasteiger partial charge is 0.489 e. The van der Waals surface area contributed by atoms with Crippen LogP contribution in [0.1, 0.15) is 43.9 Å². The summed E-state index contributed by atoms with van der Waals surface area (Å²) in [6.07, 6.45) is 3.72. The monoisotopic (exact) mass is 524 g/mol. The van der Waals surface area contributed by atoms with Crippen LogP contribution in [0.15, 0.2) is 77.6 Å². The maximum Gasteiger partial charge on any atom is 0.338 e. The lowest BCUT2D eigenvalue weighted by Crippen LogP contribution is -2.30. The van der Waals surface area contributed by atoms with Crippen molar-refractivity contribution in [1.82, 2.24) is 14.8 Å². The molecule has 0 bridgehead atoms. The second-order valence-electron chi connectivity index (χ2n) is 8.27. The number of ether oxygens (including phenoxy) is 2. The van der Waals surface area contributed by atoms with Crippen molar-refractivity contribution in [3.05, 3.63) is 88.6 Å². The van der Waals surface area contributed by atoms with Crippen LogP contribution in [-0.2, 0) is 16.1 Å². The summed E-state index contributed by atoms with van der Waals surface area (Å²) in [5.41, 5.74) is 2.87. The normalized spacial score (nSPS) is 14.7. The fourth-order valence-electron chi connectivity index (χ4n) is 3.84. The standard InChI is InChI=1S/C27H29ClN4O3S/c1-4-6-16-36-27-30-26-29-18(3)23(25(33)34-15-5-2)24(32(26)31-27)21-9-7-8-10-22(21)35-17-19-11-13-20(28)14-12-19/h5,7-14,24H,2,4,6,15-17H2,1,3H3,(H,29,30,31). The summed E-state index contributed by atoms with van der Waals surface area (Å²) in [6, 6.07) is 14.6. The molecule has 0 aliphatic carbocycles. The smallest absolute Gasteiger partial charge is 0.338 e. The average Bonchev–Trinajstić information content (AvgIpc) is 3.28. The molecule has 0 saturated carbocycles. The van der Waals surface area contributed by atoms with Crippen molar-refractivity contribution in [2.75, 3.05) is 17.7 Å². The number of nitrogens with zero attached hydrogens (tertiary/aromatic N) is 3. The van der Waals surface area contributed by atoms with E-state index in [1.165, 1.54) is 0 Å². The highest BCUT2D eigenvalue weighted by atomic mass is 35.5. The van der Waals surface area contributed by atoms with Crippen LogP contribution in [0, 0.1) is 0 Å². The van der Waals surface area contributed by atoms with Gasteiger partial charge in [-0.2, -0.15) is 4.98 Å². The molecular formula is C27H29ClN4O3S. The molecule has 1 aliphatic heterocycles. The molecule has 1 atom stereocenters. The van der Waals surface area contributed by atoms with Gasteiger partial charge in [0.2, 0.25) is 11.1 Å². The fourth-order valence-corrected chi connectivity index (χ4v) is 4.88. The zero-order chi connectivity index (χ0) is 25.5. The molecular weight excluding hydrogens is 496 g/mol. The van der Waals surface area contributed by atoms with Gasteiger partial charge in [0.25, 0.3) is 0 Å². The van der Waals surface area contributed by atoms with Gasteiger partial charge in [-0.1, -0.05) is 79.7 Å². The van der Waals surface area contributed by atoms with E-state index in [0.717, 1.165) is 29.7 Å². The maximum atomic E-state index is 13.2. The third-order valence-corrected chi connectivity index (χ3v) is 6.81. The Morgan fingerprint density at radius 2 is 2.03 bits per heavy atom. The van der Waals surface area contributed by atoms with Gasteiger partial charge in [0.15, 0.2) is 0 Å². The van der Waals surface area contributed by atoms with Gasteiger partial charge in [-0.05, 0) is 37.1 Å². The first-order chi connectivity index (χ1) is 17.5. The molecule has 9 heteroatoms. The van der Waals surface area contributed by atoms with E-state index >= 15 is 0 Å². The van der Waals surface area contributed by atoms with E-state index in [0.29, 0.717) is 39.8 Å². The number of carbonyl (C=O) groups excluding carboxylic acids is 1. The molecule has 36 heavy (non-hydrogen) atoms. The molecule has 2 heterocycles. The predicted octanol–water partition coefficient (Wildman–Crippen LogP) is 6.42. The number of unbranched alkanes of at least 4 members (excludes halogenated alkanes) is 1. The number of hydrogen-bond donors (Lipinski definition) is 1. The number of rotatable bonds is 11. The molecule has 2 aromatic carbocycles. The molecule has 0 fully saturated rings. The van der Waals surface area contributed by atoms with E-state index in [4.69, 9.17) is 26.2 Å². The number of benzene rings is 2. The van der Waals surface area contributed by atoms with Crippen LogP contribution in [0.25, 0.3) is 0 Å². The zero-order valence-corrected chi connectivity index (χ0v) is 21.9. The molecule has 1 unspecified atom stereocenters. The maximum absolute atomic E-state index is 13.2. The average molecular weight is 525 g/mol. The highest BCUT2D eigenvalue weighted by Crippen LogP contribution is 2.40. The van der Waals surface area contributed by atoms with Crippen LogP contribution < -0.4 is 10.1 Å². The molecule has 1 N–H and O–H groups in total. The van der Waals surface area contributed by atoms with Crippen molar-refractivity contribution < 1.29 is 14.3 Å². The molecule has 0 saturated heterocycles. The zero-order valence-electron chi connectivity index (χ0n) is 20.4. The first-order valence-corrected chi connectivity index (χ1v) is 13.2. The van der Waals surface area contributed by atoms with E-state index in [-0.39, 0.29) is 6.61 Å². The number of esters is 1. The number of hydrogen-bond acceptors (Lipinski definition) is 7. The number of halogens is 1. The topological polar surface area (TPSA) is 78.3 Å². The highest BCUT2D eigenvalue weighted by molar-refractivity contribution is 7.99. The van der Waals surface area contributed by atoms with Crippen molar-refractivity contribution in [3.63, 3.8) is 0 Å². The second-order valence-corrected chi connectivity index (χ2v) is 9.77. The second kappa shape index (κ2) is 12.1. The quantitative estimate of drug-likeness (QED) is 0.134. The summed E-state index contributed by atoms with van der Waals surface area (Å²) in [7, 11) is 0. The first-order valence-electron chi connectivity index (χ1n) is 11.8. The van der Waals surface area contributed by atoms with E-state index in [2.05, 4.69) is 23.8 Å². The predicted molar refractivity (Wildman–Crippen MR) is 143 cm³/mol. The van der Waals surface area contributed by atoms with Gasteiger partial charge in [0.1, 0.15) is 25.0 Å². The number of allylic oxidation sites excluding steroid dienone is 1. The van der Waals surface area contributed by atoms with Crippen LogP contribution in [-0.4, -0.2) is 33.1 Å². The van der Waals surface area contributed by atoms with Gasteiger partial charge in [-0.25, -0.2) is 9.48 Å². The number of fused-ring (bicyclic) bond motifs is 1. The molecule has 0 radical (unpaired) electrons. The van der Waals surface area contributed by atoms with Crippen LogP contribution in [0.5, 0.6) is 5.75 Å². The summed E-state index contributed by atoms with van der Waals surface area (Å²) >= 11 is 7.62. The first kappa shape index (κ1) is 25.9. The van der Waals surface area contributed by atoms with Gasteiger partial charge in [0, 0.05) is 22.0 Å². The van der Waals surface area contributed by atoms with Crippen LogP contribution in [0.2, 0.25) is 5.02 Å². The minimum Gasteiger partial charge on any atom is -0.489 e. The molecule has 4 rings (SSSR count). The SMILES string of the molecule is C=CCOC(=O)C1=C(C)Nc2nc(SCCCC)nn2C1c1ccccc1OCc1ccc(Cl)cc1. The molecule has 188 valence electrons. The van der Waals surface area contributed by atoms with Gasteiger partial charge in [-0.15, -0.1) is 5.10 Å². The van der Waals surface area contributed by atoms with Gasteiger partial charge < -0.3 is 14.8 Å². The van der Waals surface area contributed by atoms with Gasteiger partial charge in [0.05, 0.1) is 5.57 Å². The van der Waals surface area contributed by atoms with E-state index in [9.17, 15) is 4.79 Å². The number of thioether (sulfide) groups is 1. The summed E-state index contributed by atoms with van der Waals surface area (Å²) in [4.78, 5) is 17.9. The Kier molecular flexibility index (Phi) is 8.72. The third kappa shape index (κ3) is 5.94. The van der Waals surface area contributed by atoms with Crippen LogP contribution >= 0.6 is 23.4 Å². The molecule has 0 spiro atoms. The summed E-state index contributed by atoms with van der Waals surface area (Å²) < 4.78 is 13.4. The number of aromatic nitrogens is 3.